The molecule has 0 saturated heterocycles. The van der Waals surface area contributed by atoms with Crippen LogP contribution in [0.15, 0.2) is 71.1 Å². The van der Waals surface area contributed by atoms with Crippen LogP contribution < -0.4 is 20.7 Å². The van der Waals surface area contributed by atoms with Crippen molar-refractivity contribution in [3.05, 3.63) is 77.9 Å². The summed E-state index contributed by atoms with van der Waals surface area (Å²) in [6, 6.07) is 16.1. The van der Waals surface area contributed by atoms with Crippen LogP contribution in [0.1, 0.15) is 15.9 Å². The van der Waals surface area contributed by atoms with Gasteiger partial charge in [-0.2, -0.15) is 0 Å². The van der Waals surface area contributed by atoms with Gasteiger partial charge in [0.15, 0.2) is 0 Å². The first-order valence-corrected chi connectivity index (χ1v) is 11.3. The van der Waals surface area contributed by atoms with Crippen LogP contribution in [0.2, 0.25) is 0 Å². The molecule has 3 N–H and O–H groups in total. The summed E-state index contributed by atoms with van der Waals surface area (Å²) < 4.78 is 42.5. The Bertz CT molecular complexity index is 1370. The molecule has 0 aliphatic rings. The van der Waals surface area contributed by atoms with E-state index in [0.717, 1.165) is 27.9 Å². The van der Waals surface area contributed by atoms with E-state index in [4.69, 9.17) is 5.73 Å². The van der Waals surface area contributed by atoms with Crippen molar-refractivity contribution in [1.29, 1.82) is 0 Å². The highest BCUT2D eigenvalue weighted by Gasteiger charge is 2.31. The number of alkyl halides is 3. The van der Waals surface area contributed by atoms with E-state index in [2.05, 4.69) is 27.7 Å². The van der Waals surface area contributed by atoms with Crippen molar-refractivity contribution < 1.29 is 27.5 Å². The maximum Gasteiger partial charge on any atom is 0.573 e. The zero-order chi connectivity index (χ0) is 25.2. The van der Waals surface area contributed by atoms with Gasteiger partial charge in [0.25, 0.3) is 0 Å². The summed E-state index contributed by atoms with van der Waals surface area (Å²) in [5, 5.41) is 2.68. The van der Waals surface area contributed by atoms with Crippen LogP contribution in [-0.4, -0.2) is 23.3 Å². The number of hydrogen-bond donors (Lipinski definition) is 3. The number of carbonyl (C=O) groups excluding carboxylic acids is 2. The molecule has 7 nitrogen and oxygen atoms in total. The Morgan fingerprint density at radius 2 is 1.74 bits per heavy atom. The Hall–Kier alpha value is -3.77. The topological polar surface area (TPSA) is 97.6 Å². The Balaban J connectivity index is 1.60. The molecule has 0 fully saturated rings. The van der Waals surface area contributed by atoms with E-state index in [1.165, 1.54) is 28.4 Å². The number of nitrogens with two attached hydrogens (primary N) is 1. The first-order valence-electron chi connectivity index (χ1n) is 10.00. The van der Waals surface area contributed by atoms with E-state index >= 15 is 0 Å². The number of anilines is 2. The second-order valence-electron chi connectivity index (χ2n) is 7.30. The number of ether oxygens (including phenoxy) is 1. The molecular weight excluding hydrogens is 501 g/mol. The summed E-state index contributed by atoms with van der Waals surface area (Å²) >= 11 is 5.63. The largest absolute Gasteiger partial charge is 0.573 e. The lowest BCUT2D eigenvalue weighted by molar-refractivity contribution is -0.274. The van der Waals surface area contributed by atoms with E-state index in [0.29, 0.717) is 15.6 Å². The Labute approximate surface area is 206 Å². The first kappa shape index (κ1) is 24.4. The Morgan fingerprint density at radius 3 is 2.37 bits per heavy atom. The van der Waals surface area contributed by atoms with E-state index in [-0.39, 0.29) is 12.2 Å². The zero-order valence-electron chi connectivity index (χ0n) is 17.7. The van der Waals surface area contributed by atoms with Crippen LogP contribution in [0.5, 0.6) is 5.75 Å². The number of fused-ring (bicyclic) bond motifs is 1. The molecule has 1 aromatic heterocycles. The minimum Gasteiger partial charge on any atom is -0.406 e. The highest BCUT2D eigenvalue weighted by atomic mass is 32.2. The number of nitrogens with one attached hydrogen (secondary N) is 1. The molecular formula is C23H17F3N4O3S2. The molecule has 1 heterocycles. The molecule has 12 heteroatoms. The monoisotopic (exact) mass is 518 g/mol. The molecule has 0 atom stereocenters. The summed E-state index contributed by atoms with van der Waals surface area (Å²) in [5.41, 5.74) is 7.91. The highest BCUT2D eigenvalue weighted by molar-refractivity contribution is 7.82. The van der Waals surface area contributed by atoms with E-state index in [1.54, 1.807) is 42.5 Å². The molecule has 35 heavy (non-hydrogen) atoms. The lowest BCUT2D eigenvalue weighted by Crippen LogP contribution is -2.34. The van der Waals surface area contributed by atoms with Crippen molar-refractivity contribution in [3.8, 4) is 5.75 Å². The summed E-state index contributed by atoms with van der Waals surface area (Å²) in [6.07, 6.45) is -4.81. The summed E-state index contributed by atoms with van der Waals surface area (Å²) in [6.45, 7) is 0.137. The predicted octanol–water partition coefficient (Wildman–Crippen LogP) is 5.82. The van der Waals surface area contributed by atoms with Crippen molar-refractivity contribution in [2.45, 2.75) is 17.2 Å². The van der Waals surface area contributed by atoms with Crippen molar-refractivity contribution in [3.63, 3.8) is 0 Å². The van der Waals surface area contributed by atoms with Gasteiger partial charge < -0.3 is 15.8 Å². The average molecular weight is 519 g/mol. The number of aromatic nitrogens is 1. The third-order valence-electron chi connectivity index (χ3n) is 4.84. The molecule has 4 aromatic rings. The van der Waals surface area contributed by atoms with Gasteiger partial charge in [-0.15, -0.1) is 37.1 Å². The number of rotatable bonds is 6. The van der Waals surface area contributed by atoms with Gasteiger partial charge in [0.2, 0.25) is 5.91 Å². The van der Waals surface area contributed by atoms with Crippen LogP contribution in [-0.2, 0) is 6.54 Å². The molecule has 0 bridgehead atoms. The minimum absolute atomic E-state index is 0.137. The molecule has 3 amide bonds. The van der Waals surface area contributed by atoms with E-state index < -0.39 is 24.1 Å². The molecule has 0 aliphatic heterocycles. The van der Waals surface area contributed by atoms with E-state index in [1.807, 2.05) is 0 Å². The number of thiazole rings is 1. The lowest BCUT2D eigenvalue weighted by Gasteiger charge is -2.24. The minimum atomic E-state index is -4.81. The Kier molecular flexibility index (Phi) is 6.85. The van der Waals surface area contributed by atoms with Gasteiger partial charge in [-0.05, 0) is 60.2 Å². The summed E-state index contributed by atoms with van der Waals surface area (Å²) in [7, 11) is 0. The number of thiol groups is 1. The molecule has 4 rings (SSSR count). The van der Waals surface area contributed by atoms with E-state index in [9.17, 15) is 22.8 Å². The molecule has 3 aromatic carbocycles. The predicted molar refractivity (Wildman–Crippen MR) is 130 cm³/mol. The van der Waals surface area contributed by atoms with Gasteiger partial charge >= 0.3 is 12.4 Å². The number of urea groups is 1. The average Bonchev–Trinajstić information content (AvgIpc) is 3.17. The zero-order valence-corrected chi connectivity index (χ0v) is 19.5. The third-order valence-corrected chi connectivity index (χ3v) is 6.03. The third kappa shape index (κ3) is 6.22. The molecule has 180 valence electrons. The van der Waals surface area contributed by atoms with Gasteiger partial charge in [-0.1, -0.05) is 12.1 Å². The first-order chi connectivity index (χ1) is 16.6. The number of nitrogens with zero attached hydrogens (tertiary/aromatic N) is 2. The standard InChI is InChI=1S/C23H17F3N4O3S2/c24-23(25,26)33-17-8-5-15(6-9-17)28-21(32)30(12-13-1-3-14(4-2-13)20(27)31)16-7-10-18-19(11-16)35-22(34)29-18/h1-11H,12H2,(H2,27,31)(H,28,32)(H,29,34). The molecule has 0 saturated carbocycles. The molecule has 0 unspecified atom stereocenters. The normalized spacial score (nSPS) is 11.3. The Morgan fingerprint density at radius 1 is 1.06 bits per heavy atom. The molecule has 0 radical (unpaired) electrons. The lowest BCUT2D eigenvalue weighted by atomic mass is 10.1. The van der Waals surface area contributed by atoms with Crippen LogP contribution in [0, 0.1) is 0 Å². The van der Waals surface area contributed by atoms with Gasteiger partial charge in [0, 0.05) is 16.9 Å². The SMILES string of the molecule is NC(=O)c1ccc(CN(C(=O)Nc2ccc(OC(F)(F)F)cc2)c2ccc3nc(S)sc3c2)cc1. The van der Waals surface area contributed by atoms with Crippen LogP contribution in [0.25, 0.3) is 10.2 Å². The highest BCUT2D eigenvalue weighted by Crippen LogP contribution is 2.30. The van der Waals surface area contributed by atoms with Crippen LogP contribution >= 0.6 is 24.0 Å². The van der Waals surface area contributed by atoms with Gasteiger partial charge in [-0.3, -0.25) is 9.69 Å². The molecule has 0 aliphatic carbocycles. The van der Waals surface area contributed by atoms with Crippen LogP contribution in [0.3, 0.4) is 0 Å². The number of primary amides is 1. The van der Waals surface area contributed by atoms with Gasteiger partial charge in [-0.25, -0.2) is 9.78 Å². The maximum absolute atomic E-state index is 13.2. The van der Waals surface area contributed by atoms with Crippen molar-refractivity contribution in [2.75, 3.05) is 10.2 Å². The number of carbonyl (C=O) groups is 2. The molecule has 0 spiro atoms. The van der Waals surface area contributed by atoms with Gasteiger partial charge in [0.1, 0.15) is 10.1 Å². The fourth-order valence-electron chi connectivity index (χ4n) is 3.24. The summed E-state index contributed by atoms with van der Waals surface area (Å²) in [5.74, 6) is -0.970. The van der Waals surface area contributed by atoms with Crippen molar-refractivity contribution >= 4 is 57.5 Å². The second-order valence-corrected chi connectivity index (χ2v) is 9.05. The quantitative estimate of drug-likeness (QED) is 0.280. The fourth-order valence-corrected chi connectivity index (χ4v) is 4.38. The summed E-state index contributed by atoms with van der Waals surface area (Å²) in [4.78, 5) is 30.4. The van der Waals surface area contributed by atoms with Gasteiger partial charge in [0.05, 0.1) is 16.8 Å². The number of benzene rings is 3. The van der Waals surface area contributed by atoms with Crippen LogP contribution in [0.4, 0.5) is 29.3 Å². The smallest absolute Gasteiger partial charge is 0.406 e. The number of halogens is 3. The maximum atomic E-state index is 13.2. The van der Waals surface area contributed by atoms with Crippen molar-refractivity contribution in [2.24, 2.45) is 5.73 Å². The number of amides is 3. The number of hydrogen-bond acceptors (Lipinski definition) is 6. The van der Waals surface area contributed by atoms with Crippen molar-refractivity contribution in [1.82, 2.24) is 4.98 Å². The second kappa shape index (κ2) is 9.84. The fraction of sp³-hybridized carbons (Fsp3) is 0.0870.